The molecule has 0 saturated heterocycles. The van der Waals surface area contributed by atoms with Crippen LogP contribution in [0.1, 0.15) is 2.85 Å². The third-order valence-electron chi connectivity index (χ3n) is 0. The van der Waals surface area contributed by atoms with Gasteiger partial charge in [0.25, 0.3) is 0 Å². The number of hydrogen-bond donors (Lipinski definition) is 0. The molecule has 0 spiro atoms. The van der Waals surface area contributed by atoms with E-state index >= 15 is 0 Å². The van der Waals surface area contributed by atoms with Crippen LogP contribution in [0.15, 0.2) is 0 Å². The molecule has 0 amide bonds. The SMILES string of the molecule is O.O.O.[Fe].[Fe].[H-].[H-].[Mg+2]. The Hall–Kier alpha value is 1.69. The van der Waals surface area contributed by atoms with Crippen LogP contribution < -0.4 is 0 Å². The summed E-state index contributed by atoms with van der Waals surface area (Å²) in [4.78, 5) is 0. The molecule has 0 heterocycles. The van der Waals surface area contributed by atoms with E-state index in [4.69, 9.17) is 0 Å². The van der Waals surface area contributed by atoms with Crippen molar-refractivity contribution in [1.82, 2.24) is 0 Å². The summed E-state index contributed by atoms with van der Waals surface area (Å²) in [7, 11) is 0. The Labute approximate surface area is 76.2 Å². The van der Waals surface area contributed by atoms with E-state index in [1.165, 1.54) is 0 Å². The number of hydrogen-bond acceptors (Lipinski definition) is 0. The van der Waals surface area contributed by atoms with Crippen molar-refractivity contribution in [3.05, 3.63) is 0 Å². The van der Waals surface area contributed by atoms with Crippen molar-refractivity contribution in [3.63, 3.8) is 0 Å². The van der Waals surface area contributed by atoms with Gasteiger partial charge in [0, 0.05) is 34.1 Å². The standard InChI is InChI=1S/2Fe.Mg.3H2O.2H/h;;;3*1H2;;/q;;+2;;;;2*-1. The molecule has 0 atom stereocenters. The molecule has 0 aromatic carbocycles. The van der Waals surface area contributed by atoms with Crippen LogP contribution in [0.4, 0.5) is 0 Å². The minimum absolute atomic E-state index is 0. The van der Waals surface area contributed by atoms with Crippen molar-refractivity contribution >= 4 is 23.1 Å². The summed E-state index contributed by atoms with van der Waals surface area (Å²) >= 11 is 0. The molecule has 6 N–H and O–H groups in total. The third kappa shape index (κ3) is 43.9. The topological polar surface area (TPSA) is 94.5 Å². The summed E-state index contributed by atoms with van der Waals surface area (Å²) in [6.07, 6.45) is 0. The van der Waals surface area contributed by atoms with E-state index in [1.54, 1.807) is 0 Å². The molecule has 0 aliphatic rings. The van der Waals surface area contributed by atoms with Gasteiger partial charge in [0.05, 0.1) is 0 Å². The molecule has 0 radical (unpaired) electrons. The Balaban J connectivity index is 0. The van der Waals surface area contributed by atoms with Gasteiger partial charge in [0.1, 0.15) is 0 Å². The summed E-state index contributed by atoms with van der Waals surface area (Å²) in [5, 5.41) is 0. The Bertz CT molecular complexity index is 15.2. The molecule has 6 heteroatoms. The first-order valence-electron chi connectivity index (χ1n) is 0. The first kappa shape index (κ1) is 121. The van der Waals surface area contributed by atoms with Crippen LogP contribution in [0.2, 0.25) is 0 Å². The second-order valence-corrected chi connectivity index (χ2v) is 0. The molecule has 3 nitrogen and oxygen atoms in total. The summed E-state index contributed by atoms with van der Waals surface area (Å²) in [5.74, 6) is 0. The molecule has 0 saturated carbocycles. The van der Waals surface area contributed by atoms with E-state index in [0.29, 0.717) is 0 Å². The quantitative estimate of drug-likeness (QED) is 0.375. The van der Waals surface area contributed by atoms with E-state index in [-0.39, 0.29) is 76.5 Å². The summed E-state index contributed by atoms with van der Waals surface area (Å²) in [5.41, 5.74) is 0. The van der Waals surface area contributed by atoms with Gasteiger partial charge in [-0.2, -0.15) is 0 Å². The average Bonchev–Trinajstić information content (AvgIpc) is 0. The molecule has 0 bridgehead atoms. The van der Waals surface area contributed by atoms with Crippen LogP contribution in [0.5, 0.6) is 0 Å². The maximum absolute atomic E-state index is 0. The average molecular weight is 192 g/mol. The van der Waals surface area contributed by atoms with Gasteiger partial charge in [-0.15, -0.1) is 0 Å². The third-order valence-corrected chi connectivity index (χ3v) is 0. The maximum atomic E-state index is 0. The van der Waals surface area contributed by atoms with E-state index in [0.717, 1.165) is 0 Å². The van der Waals surface area contributed by atoms with E-state index in [1.807, 2.05) is 0 Å². The molecular weight excluding hydrogens is 184 g/mol. The Morgan fingerprint density at radius 2 is 0.667 bits per heavy atom. The summed E-state index contributed by atoms with van der Waals surface area (Å²) in [6.45, 7) is 0. The first-order valence-corrected chi connectivity index (χ1v) is 0. The molecule has 44 valence electrons. The van der Waals surface area contributed by atoms with Crippen LogP contribution >= 0.6 is 0 Å². The van der Waals surface area contributed by atoms with Crippen LogP contribution in [-0.2, 0) is 34.1 Å². The van der Waals surface area contributed by atoms with Crippen molar-refractivity contribution in [2.45, 2.75) is 0 Å². The molecule has 0 aliphatic heterocycles. The number of rotatable bonds is 0. The minimum Gasteiger partial charge on any atom is -1.00 e. The normalized spacial score (nSPS) is 0. The second kappa shape index (κ2) is 76.1. The first-order chi connectivity index (χ1) is 0. The Morgan fingerprint density at radius 1 is 0.667 bits per heavy atom. The predicted molar refractivity (Wildman–Crippen MR) is 18.8 cm³/mol. The van der Waals surface area contributed by atoms with Crippen LogP contribution in [0, 0.1) is 0 Å². The molecule has 0 aromatic rings. The molecule has 0 unspecified atom stereocenters. The van der Waals surface area contributed by atoms with Crippen molar-refractivity contribution in [3.8, 4) is 0 Å². The van der Waals surface area contributed by atoms with Gasteiger partial charge in [-0.1, -0.05) is 0 Å². The largest absolute Gasteiger partial charge is 2.00 e. The van der Waals surface area contributed by atoms with Gasteiger partial charge >= 0.3 is 23.1 Å². The second-order valence-electron chi connectivity index (χ2n) is 0. The van der Waals surface area contributed by atoms with Crippen LogP contribution in [0.25, 0.3) is 0 Å². The predicted octanol–water partition coefficient (Wildman–Crippen LogP) is -2.63. The van der Waals surface area contributed by atoms with Gasteiger partial charge in [-0.05, 0) is 0 Å². The smallest absolute Gasteiger partial charge is 1.00 e. The maximum Gasteiger partial charge on any atom is 2.00 e. The molecule has 0 fully saturated rings. The van der Waals surface area contributed by atoms with Gasteiger partial charge in [0.2, 0.25) is 0 Å². The fourth-order valence-corrected chi connectivity index (χ4v) is 0. The van der Waals surface area contributed by atoms with E-state index in [2.05, 4.69) is 0 Å². The van der Waals surface area contributed by atoms with Gasteiger partial charge in [-0.3, -0.25) is 0 Å². The molecule has 0 aromatic heterocycles. The van der Waals surface area contributed by atoms with Crippen LogP contribution in [-0.4, -0.2) is 39.5 Å². The van der Waals surface area contributed by atoms with Gasteiger partial charge < -0.3 is 19.3 Å². The zero-order chi connectivity index (χ0) is 0. The van der Waals surface area contributed by atoms with Crippen molar-refractivity contribution < 1.29 is 53.4 Å². The minimum atomic E-state index is 0. The fourth-order valence-electron chi connectivity index (χ4n) is 0. The van der Waals surface area contributed by atoms with Crippen LogP contribution in [0.3, 0.4) is 0 Å². The van der Waals surface area contributed by atoms with Crippen molar-refractivity contribution in [2.75, 3.05) is 0 Å². The Morgan fingerprint density at radius 3 is 0.667 bits per heavy atom. The fraction of sp³-hybridized carbons (Fsp3) is 0. The monoisotopic (exact) mass is 192 g/mol. The summed E-state index contributed by atoms with van der Waals surface area (Å²) in [6, 6.07) is 0. The molecule has 0 rings (SSSR count). The zero-order valence-electron chi connectivity index (χ0n) is 4.91. The summed E-state index contributed by atoms with van der Waals surface area (Å²) < 4.78 is 0. The molecule has 0 aliphatic carbocycles. The van der Waals surface area contributed by atoms with E-state index in [9.17, 15) is 0 Å². The Kier molecular flexibility index (Phi) is 1530. The van der Waals surface area contributed by atoms with Crippen molar-refractivity contribution in [1.29, 1.82) is 0 Å². The molecule has 6 heavy (non-hydrogen) atoms. The van der Waals surface area contributed by atoms with Gasteiger partial charge in [0.15, 0.2) is 0 Å². The van der Waals surface area contributed by atoms with E-state index < -0.39 is 0 Å². The van der Waals surface area contributed by atoms with Gasteiger partial charge in [-0.25, -0.2) is 0 Å². The van der Waals surface area contributed by atoms with Crippen molar-refractivity contribution in [2.24, 2.45) is 0 Å². The zero-order valence-corrected chi connectivity index (χ0v) is 6.54. The molecular formula is H8Fe2MgO3.